The van der Waals surface area contributed by atoms with Crippen LogP contribution in [0.4, 0.5) is 14.5 Å². The van der Waals surface area contributed by atoms with Crippen LogP contribution in [0.25, 0.3) is 0 Å². The van der Waals surface area contributed by atoms with Crippen LogP contribution in [0.3, 0.4) is 0 Å². The lowest BCUT2D eigenvalue weighted by Gasteiger charge is -2.28. The van der Waals surface area contributed by atoms with Crippen molar-refractivity contribution in [1.29, 1.82) is 0 Å². The Bertz CT molecular complexity index is 1240. The first kappa shape index (κ1) is 26.9. The van der Waals surface area contributed by atoms with Crippen molar-refractivity contribution in [3.63, 3.8) is 0 Å². The molecule has 0 aliphatic carbocycles. The van der Waals surface area contributed by atoms with Crippen molar-refractivity contribution in [3.8, 4) is 5.88 Å². The zero-order valence-corrected chi connectivity index (χ0v) is 20.9. The van der Waals surface area contributed by atoms with Gasteiger partial charge in [0.25, 0.3) is 11.8 Å². The lowest BCUT2D eigenvalue weighted by Crippen LogP contribution is -2.33. The van der Waals surface area contributed by atoms with E-state index in [-0.39, 0.29) is 53.5 Å². The average Bonchev–Trinajstić information content (AvgIpc) is 3.26. The predicted molar refractivity (Wildman–Crippen MR) is 129 cm³/mol. The van der Waals surface area contributed by atoms with Gasteiger partial charge in [0.2, 0.25) is 5.88 Å². The van der Waals surface area contributed by atoms with Gasteiger partial charge in [0.15, 0.2) is 29.2 Å². The molecule has 3 aromatic rings. The summed E-state index contributed by atoms with van der Waals surface area (Å²) in [6.07, 6.45) is 2.48. The van der Waals surface area contributed by atoms with E-state index in [0.29, 0.717) is 5.82 Å². The third-order valence-electron chi connectivity index (χ3n) is 4.72. The second-order valence-corrected chi connectivity index (χ2v) is 9.48. The Morgan fingerprint density at radius 2 is 2.08 bits per heavy atom. The number of nitrogens with one attached hydrogen (secondary N) is 1. The molecule has 36 heavy (non-hydrogen) atoms. The van der Waals surface area contributed by atoms with Crippen molar-refractivity contribution in [2.45, 2.75) is 31.6 Å². The van der Waals surface area contributed by atoms with E-state index in [4.69, 9.17) is 19.7 Å². The summed E-state index contributed by atoms with van der Waals surface area (Å²) >= 11 is 1.19. The van der Waals surface area contributed by atoms with E-state index in [1.54, 1.807) is 13.8 Å². The summed E-state index contributed by atoms with van der Waals surface area (Å²) in [5, 5.41) is 6.43. The van der Waals surface area contributed by atoms with Gasteiger partial charge in [-0.3, -0.25) is 9.79 Å². The number of hydrogen-bond donors (Lipinski definition) is 2. The molecule has 1 aromatic carbocycles. The summed E-state index contributed by atoms with van der Waals surface area (Å²) in [7, 11) is 3.02. The number of ether oxygens (including phenoxy) is 2. The van der Waals surface area contributed by atoms with Gasteiger partial charge in [-0.25, -0.2) is 18.7 Å². The summed E-state index contributed by atoms with van der Waals surface area (Å²) < 4.78 is 43.8. The SMILES string of the molecule is CN=C(N)S[C@@](C)(COC)Cc1cc(NC(=O)c2cnc(OCc3nc(C)no3)cn2)cc(F)c1F. The van der Waals surface area contributed by atoms with Gasteiger partial charge in [-0.05, 0) is 31.9 Å². The number of amidine groups is 1. The largest absolute Gasteiger partial charge is 0.466 e. The van der Waals surface area contributed by atoms with Crippen LogP contribution < -0.4 is 15.8 Å². The van der Waals surface area contributed by atoms with Crippen LogP contribution in [0.1, 0.15) is 34.7 Å². The second-order valence-electron chi connectivity index (χ2n) is 7.87. The minimum Gasteiger partial charge on any atom is -0.466 e. The molecule has 192 valence electrons. The predicted octanol–water partition coefficient (Wildman–Crippen LogP) is 2.90. The summed E-state index contributed by atoms with van der Waals surface area (Å²) in [5.41, 5.74) is 5.85. The molecule has 0 aliphatic rings. The Balaban J connectivity index is 1.71. The van der Waals surface area contributed by atoms with Gasteiger partial charge in [0.1, 0.15) is 5.69 Å². The van der Waals surface area contributed by atoms with Crippen molar-refractivity contribution in [3.05, 3.63) is 59.1 Å². The number of hydrogen-bond acceptors (Lipinski definition) is 10. The number of benzene rings is 1. The smallest absolute Gasteiger partial charge is 0.275 e. The van der Waals surface area contributed by atoms with E-state index in [0.717, 1.165) is 6.07 Å². The summed E-state index contributed by atoms with van der Waals surface area (Å²) in [4.78, 5) is 28.5. The van der Waals surface area contributed by atoms with E-state index in [2.05, 4.69) is 30.4 Å². The first-order valence-electron chi connectivity index (χ1n) is 10.6. The van der Waals surface area contributed by atoms with Gasteiger partial charge < -0.3 is 25.0 Å². The highest BCUT2D eigenvalue weighted by molar-refractivity contribution is 8.15. The fourth-order valence-electron chi connectivity index (χ4n) is 3.21. The maximum atomic E-state index is 14.6. The van der Waals surface area contributed by atoms with Crippen LogP contribution in [0.5, 0.6) is 5.88 Å². The van der Waals surface area contributed by atoms with Gasteiger partial charge in [0, 0.05) is 30.7 Å². The van der Waals surface area contributed by atoms with Gasteiger partial charge in [0.05, 0.1) is 19.0 Å². The topological polar surface area (TPSA) is 151 Å². The molecule has 0 spiro atoms. The number of amides is 1. The third kappa shape index (κ3) is 7.18. The number of rotatable bonds is 10. The zero-order valence-electron chi connectivity index (χ0n) is 20.0. The molecule has 2 aromatic heterocycles. The monoisotopic (exact) mass is 521 g/mol. The summed E-state index contributed by atoms with van der Waals surface area (Å²) in [6.45, 7) is 3.64. The number of methoxy groups -OCH3 is 1. The quantitative estimate of drug-likeness (QED) is 0.301. The maximum absolute atomic E-state index is 14.6. The number of halogens is 2. The molecule has 0 saturated carbocycles. The molecule has 0 fully saturated rings. The van der Waals surface area contributed by atoms with Crippen molar-refractivity contribution in [2.75, 3.05) is 26.1 Å². The van der Waals surface area contributed by atoms with E-state index >= 15 is 0 Å². The normalized spacial score (nSPS) is 13.3. The first-order chi connectivity index (χ1) is 17.1. The van der Waals surface area contributed by atoms with Crippen LogP contribution in [0.2, 0.25) is 0 Å². The molecule has 0 aliphatic heterocycles. The van der Waals surface area contributed by atoms with E-state index in [1.165, 1.54) is 44.4 Å². The molecule has 1 amide bonds. The van der Waals surface area contributed by atoms with Crippen LogP contribution >= 0.6 is 11.8 Å². The summed E-state index contributed by atoms with van der Waals surface area (Å²) in [5.74, 6) is -1.96. The minimum atomic E-state index is -1.12. The highest BCUT2D eigenvalue weighted by Crippen LogP contribution is 2.32. The molecule has 1 atom stereocenters. The number of anilines is 1. The first-order valence-corrected chi connectivity index (χ1v) is 11.4. The number of aromatic nitrogens is 4. The second kappa shape index (κ2) is 11.9. The number of carbonyl (C=O) groups excluding carboxylic acids is 1. The molecule has 0 saturated heterocycles. The van der Waals surface area contributed by atoms with Crippen LogP contribution in [0, 0.1) is 18.6 Å². The van der Waals surface area contributed by atoms with Crippen molar-refractivity contribution >= 4 is 28.5 Å². The highest BCUT2D eigenvalue weighted by Gasteiger charge is 2.30. The highest BCUT2D eigenvalue weighted by atomic mass is 32.2. The molecule has 11 nitrogen and oxygen atoms in total. The Hall–Kier alpha value is -3.65. The number of nitrogens with zero attached hydrogens (tertiary/aromatic N) is 5. The molecule has 3 rings (SSSR count). The van der Waals surface area contributed by atoms with Crippen LogP contribution in [-0.2, 0) is 17.8 Å². The minimum absolute atomic E-state index is 0.0191. The number of thioether (sulfide) groups is 1. The van der Waals surface area contributed by atoms with E-state index in [1.807, 2.05) is 0 Å². The van der Waals surface area contributed by atoms with E-state index < -0.39 is 22.3 Å². The Labute approximate surface area is 209 Å². The molecule has 14 heteroatoms. The van der Waals surface area contributed by atoms with E-state index in [9.17, 15) is 13.6 Å². The molecular weight excluding hydrogens is 496 g/mol. The van der Waals surface area contributed by atoms with Crippen molar-refractivity contribution in [1.82, 2.24) is 20.1 Å². The Morgan fingerprint density at radius 3 is 2.69 bits per heavy atom. The Kier molecular flexibility index (Phi) is 8.88. The zero-order chi connectivity index (χ0) is 26.3. The number of nitrogens with two attached hydrogens (primary N) is 1. The van der Waals surface area contributed by atoms with Gasteiger partial charge in [-0.2, -0.15) is 4.98 Å². The average molecular weight is 522 g/mol. The lowest BCUT2D eigenvalue weighted by atomic mass is 9.99. The van der Waals surface area contributed by atoms with Crippen LogP contribution in [-0.4, -0.2) is 56.7 Å². The third-order valence-corrected chi connectivity index (χ3v) is 5.87. The standard InChI is InChI=1S/C22H25F2N7O4S/c1-12-29-18(35-31-12)10-34-17-9-27-16(8-28-17)20(32)30-14-5-13(19(24)15(23)6-14)7-22(2,11-33-4)36-21(25)26-3/h5-6,8-9H,7,10-11H2,1-4H3,(H2,25,26)(H,30,32)/t22-/m1/s1. The van der Waals surface area contributed by atoms with Crippen molar-refractivity contribution in [2.24, 2.45) is 10.7 Å². The number of aryl methyl sites for hydroxylation is 1. The fourth-order valence-corrected chi connectivity index (χ4v) is 4.21. The molecule has 0 radical (unpaired) electrons. The van der Waals surface area contributed by atoms with Gasteiger partial charge >= 0.3 is 0 Å². The van der Waals surface area contributed by atoms with Crippen molar-refractivity contribution < 1.29 is 27.6 Å². The molecular formula is C22H25F2N7O4S. The molecule has 0 bridgehead atoms. The fraction of sp³-hybridized carbons (Fsp3) is 0.364. The molecule has 2 heterocycles. The van der Waals surface area contributed by atoms with Gasteiger partial charge in [-0.15, -0.1) is 0 Å². The van der Waals surface area contributed by atoms with Crippen LogP contribution in [0.15, 0.2) is 34.0 Å². The lowest BCUT2D eigenvalue weighted by molar-refractivity contribution is 0.102. The number of carbonyl (C=O) groups is 1. The number of aliphatic imine (C=N–C) groups is 1. The maximum Gasteiger partial charge on any atom is 0.275 e. The summed E-state index contributed by atoms with van der Waals surface area (Å²) in [6, 6.07) is 2.23. The Morgan fingerprint density at radius 1 is 1.31 bits per heavy atom. The molecule has 3 N–H and O–H groups in total. The molecule has 0 unspecified atom stereocenters. The van der Waals surface area contributed by atoms with Gasteiger partial charge in [-0.1, -0.05) is 16.9 Å².